The molecule has 0 spiro atoms. The van der Waals surface area contributed by atoms with Crippen LogP contribution in [0.25, 0.3) is 11.0 Å². The SMILES string of the molecule is Cc1nc2ccc(CNC(=O)CN3CC[C@H](c4ccccc4)C3)cc2[nH]1. The van der Waals surface area contributed by atoms with Gasteiger partial charge >= 0.3 is 0 Å². The molecule has 1 atom stereocenters. The number of aromatic nitrogens is 2. The summed E-state index contributed by atoms with van der Waals surface area (Å²) in [6.45, 7) is 4.89. The van der Waals surface area contributed by atoms with Crippen LogP contribution >= 0.6 is 0 Å². The smallest absolute Gasteiger partial charge is 0.234 e. The van der Waals surface area contributed by atoms with Crippen molar-refractivity contribution in [3.63, 3.8) is 0 Å². The standard InChI is InChI=1S/C21H24N4O/c1-15-23-19-8-7-16(11-20(19)24-15)12-22-21(26)14-25-10-9-18(13-25)17-5-3-2-4-6-17/h2-8,11,18H,9-10,12-14H2,1H3,(H,22,26)(H,23,24)/t18-/m0/s1. The molecule has 1 saturated heterocycles. The highest BCUT2D eigenvalue weighted by molar-refractivity contribution is 5.79. The lowest BCUT2D eigenvalue weighted by molar-refractivity contribution is -0.122. The van der Waals surface area contributed by atoms with Gasteiger partial charge in [-0.25, -0.2) is 4.98 Å². The molecule has 4 rings (SSSR count). The van der Waals surface area contributed by atoms with Gasteiger partial charge in [0.15, 0.2) is 0 Å². The first-order chi connectivity index (χ1) is 12.7. The van der Waals surface area contributed by atoms with E-state index in [4.69, 9.17) is 0 Å². The van der Waals surface area contributed by atoms with Crippen molar-refractivity contribution in [2.24, 2.45) is 0 Å². The Bertz CT molecular complexity index is 903. The van der Waals surface area contributed by atoms with Gasteiger partial charge in [0.2, 0.25) is 5.91 Å². The number of nitrogens with one attached hydrogen (secondary N) is 2. The van der Waals surface area contributed by atoms with Crippen LogP contribution < -0.4 is 5.32 Å². The number of hydrogen-bond acceptors (Lipinski definition) is 3. The lowest BCUT2D eigenvalue weighted by Crippen LogP contribution is -2.35. The number of rotatable bonds is 5. The molecular formula is C21H24N4O. The maximum Gasteiger partial charge on any atom is 0.234 e. The fourth-order valence-corrected chi connectivity index (χ4v) is 3.73. The van der Waals surface area contributed by atoms with Crippen LogP contribution in [-0.4, -0.2) is 40.4 Å². The van der Waals surface area contributed by atoms with Crippen molar-refractivity contribution in [1.29, 1.82) is 0 Å². The first-order valence-electron chi connectivity index (χ1n) is 9.16. The zero-order valence-corrected chi connectivity index (χ0v) is 15.0. The van der Waals surface area contributed by atoms with Gasteiger partial charge in [-0.3, -0.25) is 9.69 Å². The first-order valence-corrected chi connectivity index (χ1v) is 9.16. The summed E-state index contributed by atoms with van der Waals surface area (Å²) in [5, 5.41) is 3.04. The second-order valence-corrected chi connectivity index (χ2v) is 7.08. The maximum absolute atomic E-state index is 12.3. The largest absolute Gasteiger partial charge is 0.351 e. The third-order valence-electron chi connectivity index (χ3n) is 5.06. The highest BCUT2D eigenvalue weighted by Gasteiger charge is 2.24. The van der Waals surface area contributed by atoms with Crippen molar-refractivity contribution in [3.05, 3.63) is 65.5 Å². The van der Waals surface area contributed by atoms with Gasteiger partial charge in [-0.05, 0) is 49.1 Å². The summed E-state index contributed by atoms with van der Waals surface area (Å²) in [7, 11) is 0. The molecule has 1 aliphatic rings. The molecule has 1 fully saturated rings. The molecule has 134 valence electrons. The van der Waals surface area contributed by atoms with E-state index >= 15 is 0 Å². The summed E-state index contributed by atoms with van der Waals surface area (Å²) >= 11 is 0. The Morgan fingerprint density at radius 1 is 1.27 bits per heavy atom. The number of likely N-dealkylation sites (tertiary alicyclic amines) is 1. The minimum Gasteiger partial charge on any atom is -0.351 e. The van der Waals surface area contributed by atoms with Gasteiger partial charge in [-0.1, -0.05) is 36.4 Å². The Balaban J connectivity index is 1.28. The van der Waals surface area contributed by atoms with Gasteiger partial charge in [-0.2, -0.15) is 0 Å². The van der Waals surface area contributed by atoms with Crippen LogP contribution in [-0.2, 0) is 11.3 Å². The van der Waals surface area contributed by atoms with E-state index in [1.165, 1.54) is 5.56 Å². The molecule has 3 aromatic rings. The van der Waals surface area contributed by atoms with Crippen LogP contribution in [0.2, 0.25) is 0 Å². The zero-order chi connectivity index (χ0) is 17.9. The molecule has 0 unspecified atom stereocenters. The number of aryl methyl sites for hydroxylation is 1. The fraction of sp³-hybridized carbons (Fsp3) is 0.333. The summed E-state index contributed by atoms with van der Waals surface area (Å²) in [5.74, 6) is 1.53. The topological polar surface area (TPSA) is 61.0 Å². The van der Waals surface area contributed by atoms with Crippen LogP contribution in [0.4, 0.5) is 0 Å². The third-order valence-corrected chi connectivity index (χ3v) is 5.06. The van der Waals surface area contributed by atoms with Crippen molar-refractivity contribution in [2.75, 3.05) is 19.6 Å². The van der Waals surface area contributed by atoms with Crippen molar-refractivity contribution < 1.29 is 4.79 Å². The number of hydrogen-bond donors (Lipinski definition) is 2. The molecule has 5 nitrogen and oxygen atoms in total. The summed E-state index contributed by atoms with van der Waals surface area (Å²) in [6.07, 6.45) is 1.12. The second kappa shape index (κ2) is 7.30. The molecule has 2 heterocycles. The van der Waals surface area contributed by atoms with Gasteiger partial charge in [-0.15, -0.1) is 0 Å². The Kier molecular flexibility index (Phi) is 4.71. The molecule has 0 radical (unpaired) electrons. The van der Waals surface area contributed by atoms with Gasteiger partial charge < -0.3 is 10.3 Å². The Morgan fingerprint density at radius 3 is 2.96 bits per heavy atom. The monoisotopic (exact) mass is 348 g/mol. The molecule has 0 bridgehead atoms. The molecule has 26 heavy (non-hydrogen) atoms. The minimum absolute atomic E-state index is 0.0830. The quantitative estimate of drug-likeness (QED) is 0.745. The Morgan fingerprint density at radius 2 is 2.12 bits per heavy atom. The molecule has 0 aliphatic carbocycles. The minimum atomic E-state index is 0.0830. The van der Waals surface area contributed by atoms with E-state index in [0.29, 0.717) is 19.0 Å². The lowest BCUT2D eigenvalue weighted by Gasteiger charge is -2.16. The van der Waals surface area contributed by atoms with E-state index in [1.54, 1.807) is 0 Å². The number of aromatic amines is 1. The van der Waals surface area contributed by atoms with E-state index in [2.05, 4.69) is 50.5 Å². The molecule has 5 heteroatoms. The molecule has 1 aliphatic heterocycles. The molecule has 1 amide bonds. The normalized spacial score (nSPS) is 17.7. The summed E-state index contributed by atoms with van der Waals surface area (Å²) in [4.78, 5) is 22.2. The van der Waals surface area contributed by atoms with Crippen LogP contribution in [0.3, 0.4) is 0 Å². The van der Waals surface area contributed by atoms with Crippen LogP contribution in [0, 0.1) is 6.92 Å². The van der Waals surface area contributed by atoms with Crippen molar-refractivity contribution in [1.82, 2.24) is 20.2 Å². The highest BCUT2D eigenvalue weighted by Crippen LogP contribution is 2.26. The number of fused-ring (bicyclic) bond motifs is 1. The fourth-order valence-electron chi connectivity index (χ4n) is 3.73. The van der Waals surface area contributed by atoms with Gasteiger partial charge in [0, 0.05) is 13.1 Å². The van der Waals surface area contributed by atoms with Gasteiger partial charge in [0.25, 0.3) is 0 Å². The van der Waals surface area contributed by atoms with Crippen molar-refractivity contribution in [3.8, 4) is 0 Å². The number of benzene rings is 2. The second-order valence-electron chi connectivity index (χ2n) is 7.08. The van der Waals surface area contributed by atoms with E-state index in [1.807, 2.05) is 25.1 Å². The average molecular weight is 348 g/mol. The van der Waals surface area contributed by atoms with Gasteiger partial charge in [0.05, 0.1) is 17.6 Å². The number of imidazole rings is 1. The van der Waals surface area contributed by atoms with Crippen LogP contribution in [0.15, 0.2) is 48.5 Å². The molecule has 1 aromatic heterocycles. The molecule has 2 aromatic carbocycles. The number of nitrogens with zero attached hydrogens (tertiary/aromatic N) is 2. The van der Waals surface area contributed by atoms with Gasteiger partial charge in [0.1, 0.15) is 5.82 Å². The van der Waals surface area contributed by atoms with E-state index in [0.717, 1.165) is 41.9 Å². The maximum atomic E-state index is 12.3. The average Bonchev–Trinajstić information content (AvgIpc) is 3.26. The van der Waals surface area contributed by atoms with Crippen molar-refractivity contribution >= 4 is 16.9 Å². The number of H-pyrrole nitrogens is 1. The molecule has 0 saturated carbocycles. The number of amides is 1. The summed E-state index contributed by atoms with van der Waals surface area (Å²) in [5.41, 5.74) is 4.43. The van der Waals surface area contributed by atoms with E-state index in [-0.39, 0.29) is 5.91 Å². The van der Waals surface area contributed by atoms with Crippen LogP contribution in [0.1, 0.15) is 29.3 Å². The van der Waals surface area contributed by atoms with Crippen molar-refractivity contribution in [2.45, 2.75) is 25.8 Å². The summed E-state index contributed by atoms with van der Waals surface area (Å²) < 4.78 is 0. The Hall–Kier alpha value is -2.66. The number of carbonyl (C=O) groups is 1. The predicted octanol–water partition coefficient (Wildman–Crippen LogP) is 2.98. The zero-order valence-electron chi connectivity index (χ0n) is 15.0. The third kappa shape index (κ3) is 3.78. The molecule has 2 N–H and O–H groups in total. The highest BCUT2D eigenvalue weighted by atomic mass is 16.2. The lowest BCUT2D eigenvalue weighted by atomic mass is 9.99. The number of carbonyl (C=O) groups excluding carboxylic acids is 1. The van der Waals surface area contributed by atoms with E-state index in [9.17, 15) is 4.79 Å². The predicted molar refractivity (Wildman–Crippen MR) is 103 cm³/mol. The Labute approximate surface area is 153 Å². The molecular weight excluding hydrogens is 324 g/mol. The summed E-state index contributed by atoms with van der Waals surface area (Å²) in [6, 6.07) is 16.6. The van der Waals surface area contributed by atoms with E-state index < -0.39 is 0 Å². The first kappa shape index (κ1) is 16.8. The van der Waals surface area contributed by atoms with Crippen LogP contribution in [0.5, 0.6) is 0 Å².